The van der Waals surface area contributed by atoms with Crippen molar-refractivity contribution in [3.63, 3.8) is 0 Å². The van der Waals surface area contributed by atoms with Crippen molar-refractivity contribution in [1.29, 1.82) is 0 Å². The highest BCUT2D eigenvalue weighted by molar-refractivity contribution is 7.86. The quantitative estimate of drug-likeness (QED) is 0.246. The third kappa shape index (κ3) is 7.85. The van der Waals surface area contributed by atoms with Crippen LogP contribution in [0.5, 0.6) is 0 Å². The molecule has 0 aliphatic rings. The molecule has 6 nitrogen and oxygen atoms in total. The molecule has 2 atom stereocenters. The van der Waals surface area contributed by atoms with Crippen LogP contribution in [-0.4, -0.2) is 52.5 Å². The summed E-state index contributed by atoms with van der Waals surface area (Å²) in [6.45, 7) is -0.503. The number of hydrogen-bond donors (Lipinski definition) is 2. The van der Waals surface area contributed by atoms with Crippen molar-refractivity contribution in [2.45, 2.75) is 38.0 Å². The molecule has 4 aromatic rings. The summed E-state index contributed by atoms with van der Waals surface area (Å²) < 4.78 is 32.1. The van der Waals surface area contributed by atoms with E-state index in [9.17, 15) is 18.6 Å². The predicted molar refractivity (Wildman–Crippen MR) is 155 cm³/mol. The smallest absolute Gasteiger partial charge is 0.283 e. The molecule has 0 bridgehead atoms. The van der Waals surface area contributed by atoms with Gasteiger partial charge in [-0.1, -0.05) is 121 Å². The highest BCUT2D eigenvalue weighted by atomic mass is 32.2. The first-order valence-electron chi connectivity index (χ1n) is 13.2. The number of nitrogens with zero attached hydrogens (tertiary/aromatic N) is 2. The van der Waals surface area contributed by atoms with Gasteiger partial charge in [-0.25, -0.2) is 0 Å². The zero-order chi connectivity index (χ0) is 27.5. The standard InChI is InChI=1S/C32H36N2O4S/c35-25-31(21-27-13-5-1-6-14-27)33(23-29-17-9-3-10-18-29)39(37,38)34(24-30-19-11-4-12-20-30)32(26-36)22-28-15-7-2-8-16-28/h1-20,31-32,35-36H,21-26H2/t31-,32-/m1/s1. The molecule has 0 aliphatic heterocycles. The van der Waals surface area contributed by atoms with E-state index in [0.29, 0.717) is 12.8 Å². The summed E-state index contributed by atoms with van der Waals surface area (Å²) in [5.74, 6) is 0. The molecule has 2 N–H and O–H groups in total. The molecule has 0 radical (unpaired) electrons. The normalized spacial score (nSPS) is 13.4. The first-order chi connectivity index (χ1) is 19.0. The first-order valence-corrected chi connectivity index (χ1v) is 14.6. The van der Waals surface area contributed by atoms with Gasteiger partial charge in [0, 0.05) is 13.1 Å². The Morgan fingerprint density at radius 3 is 1.05 bits per heavy atom. The van der Waals surface area contributed by atoms with Crippen LogP contribution in [0, 0.1) is 0 Å². The van der Waals surface area contributed by atoms with E-state index >= 15 is 0 Å². The Hall–Kier alpha value is -3.33. The van der Waals surface area contributed by atoms with E-state index in [1.165, 1.54) is 8.61 Å². The van der Waals surface area contributed by atoms with Gasteiger partial charge in [-0.15, -0.1) is 0 Å². The predicted octanol–water partition coefficient (Wildman–Crippen LogP) is 4.44. The second-order valence-electron chi connectivity index (χ2n) is 9.62. The number of aliphatic hydroxyl groups excluding tert-OH is 2. The van der Waals surface area contributed by atoms with Gasteiger partial charge in [-0.05, 0) is 35.1 Å². The van der Waals surface area contributed by atoms with Crippen molar-refractivity contribution in [3.8, 4) is 0 Å². The second-order valence-corrected chi connectivity index (χ2v) is 11.5. The molecule has 0 aliphatic carbocycles. The minimum atomic E-state index is -4.18. The Morgan fingerprint density at radius 1 is 0.487 bits per heavy atom. The molecule has 0 aromatic heterocycles. The van der Waals surface area contributed by atoms with Gasteiger partial charge < -0.3 is 10.2 Å². The molecular formula is C32H36N2O4S. The van der Waals surface area contributed by atoms with Crippen LogP contribution in [0.1, 0.15) is 22.3 Å². The van der Waals surface area contributed by atoms with Gasteiger partial charge in [0.05, 0.1) is 25.3 Å². The van der Waals surface area contributed by atoms with Crippen LogP contribution in [0.15, 0.2) is 121 Å². The first kappa shape index (κ1) is 28.7. The minimum Gasteiger partial charge on any atom is -0.395 e. The second kappa shape index (κ2) is 14.2. The molecule has 0 heterocycles. The fourth-order valence-corrected chi connectivity index (χ4v) is 6.68. The lowest BCUT2D eigenvalue weighted by Gasteiger charge is -2.38. The van der Waals surface area contributed by atoms with Crippen LogP contribution in [-0.2, 0) is 36.1 Å². The molecule has 39 heavy (non-hydrogen) atoms. The Morgan fingerprint density at radius 2 is 0.769 bits per heavy atom. The molecule has 0 unspecified atom stereocenters. The van der Waals surface area contributed by atoms with E-state index in [2.05, 4.69) is 0 Å². The average Bonchev–Trinajstić information content (AvgIpc) is 2.98. The molecule has 4 rings (SSSR count). The molecule has 0 saturated carbocycles. The Balaban J connectivity index is 1.76. The SMILES string of the molecule is O=S(=O)(N(Cc1ccccc1)[C@@H](CO)Cc1ccccc1)N(Cc1ccccc1)[C@@H](CO)Cc1ccccc1. The van der Waals surface area contributed by atoms with Gasteiger partial charge >= 0.3 is 0 Å². The van der Waals surface area contributed by atoms with E-state index in [1.54, 1.807) is 0 Å². The summed E-state index contributed by atoms with van der Waals surface area (Å²) in [6.07, 6.45) is 0.704. The Kier molecular flexibility index (Phi) is 10.4. The fraction of sp³-hybridized carbons (Fsp3) is 0.250. The number of rotatable bonds is 14. The van der Waals surface area contributed by atoms with Gasteiger partial charge in [0.2, 0.25) is 0 Å². The van der Waals surface area contributed by atoms with Gasteiger partial charge in [-0.2, -0.15) is 17.0 Å². The van der Waals surface area contributed by atoms with Crippen molar-refractivity contribution in [2.75, 3.05) is 13.2 Å². The lowest BCUT2D eigenvalue weighted by molar-refractivity contribution is 0.148. The monoisotopic (exact) mass is 544 g/mol. The maximum atomic E-state index is 14.7. The number of hydrogen-bond acceptors (Lipinski definition) is 4. The average molecular weight is 545 g/mol. The lowest BCUT2D eigenvalue weighted by Crippen LogP contribution is -2.54. The summed E-state index contributed by atoms with van der Waals surface area (Å²) in [7, 11) is -4.18. The maximum absolute atomic E-state index is 14.7. The molecular weight excluding hydrogens is 508 g/mol. The summed E-state index contributed by atoms with van der Waals surface area (Å²) in [5.41, 5.74) is 3.50. The van der Waals surface area contributed by atoms with E-state index < -0.39 is 22.3 Å². The van der Waals surface area contributed by atoms with E-state index in [4.69, 9.17) is 0 Å². The van der Waals surface area contributed by atoms with Crippen LogP contribution in [0.2, 0.25) is 0 Å². The summed E-state index contributed by atoms with van der Waals surface area (Å²) in [6, 6.07) is 36.6. The van der Waals surface area contributed by atoms with E-state index in [1.807, 2.05) is 121 Å². The van der Waals surface area contributed by atoms with Crippen LogP contribution in [0.3, 0.4) is 0 Å². The zero-order valence-electron chi connectivity index (χ0n) is 22.0. The van der Waals surface area contributed by atoms with Gasteiger partial charge in [0.1, 0.15) is 0 Å². The third-order valence-corrected chi connectivity index (χ3v) is 8.86. The molecule has 204 valence electrons. The van der Waals surface area contributed by atoms with Crippen LogP contribution in [0.4, 0.5) is 0 Å². The van der Waals surface area contributed by atoms with Crippen molar-refractivity contribution in [2.24, 2.45) is 0 Å². The molecule has 4 aromatic carbocycles. The number of aliphatic hydroxyl groups is 2. The molecule has 0 spiro atoms. The fourth-order valence-electron chi connectivity index (χ4n) is 4.75. The molecule has 7 heteroatoms. The zero-order valence-corrected chi connectivity index (χ0v) is 22.8. The van der Waals surface area contributed by atoms with E-state index in [-0.39, 0.29) is 26.3 Å². The summed E-state index contributed by atoms with van der Waals surface area (Å²) >= 11 is 0. The summed E-state index contributed by atoms with van der Waals surface area (Å²) in [5, 5.41) is 21.1. The Bertz CT molecular complexity index is 1250. The Labute approximate surface area is 232 Å². The topological polar surface area (TPSA) is 81.1 Å². The van der Waals surface area contributed by atoms with Crippen LogP contribution >= 0.6 is 0 Å². The molecule has 0 fully saturated rings. The van der Waals surface area contributed by atoms with Crippen LogP contribution < -0.4 is 0 Å². The minimum absolute atomic E-state index is 0.0933. The highest BCUT2D eigenvalue weighted by Crippen LogP contribution is 2.25. The summed E-state index contributed by atoms with van der Waals surface area (Å²) in [4.78, 5) is 0. The molecule has 0 amide bonds. The third-order valence-electron chi connectivity index (χ3n) is 6.82. The van der Waals surface area contributed by atoms with Crippen molar-refractivity contribution in [3.05, 3.63) is 144 Å². The van der Waals surface area contributed by atoms with Crippen molar-refractivity contribution < 1.29 is 18.6 Å². The van der Waals surface area contributed by atoms with Crippen molar-refractivity contribution >= 4 is 10.2 Å². The van der Waals surface area contributed by atoms with Gasteiger partial charge in [-0.3, -0.25) is 0 Å². The van der Waals surface area contributed by atoms with E-state index in [0.717, 1.165) is 22.3 Å². The highest BCUT2D eigenvalue weighted by Gasteiger charge is 2.38. The maximum Gasteiger partial charge on any atom is 0.283 e. The van der Waals surface area contributed by atoms with Crippen LogP contribution in [0.25, 0.3) is 0 Å². The van der Waals surface area contributed by atoms with Gasteiger partial charge in [0.15, 0.2) is 0 Å². The largest absolute Gasteiger partial charge is 0.395 e. The van der Waals surface area contributed by atoms with Crippen molar-refractivity contribution in [1.82, 2.24) is 8.61 Å². The van der Waals surface area contributed by atoms with Gasteiger partial charge in [0.25, 0.3) is 10.2 Å². The lowest BCUT2D eigenvalue weighted by atomic mass is 10.1. The molecule has 0 saturated heterocycles. The number of benzene rings is 4.